The lowest BCUT2D eigenvalue weighted by Crippen LogP contribution is -2.24. The van der Waals surface area contributed by atoms with Gasteiger partial charge in [0.2, 0.25) is 5.82 Å². The summed E-state index contributed by atoms with van der Waals surface area (Å²) in [7, 11) is 3.69. The second-order valence-electron chi connectivity index (χ2n) is 4.77. The number of amides is 1. The molecular formula is C15H16N4O. The first-order chi connectivity index (χ1) is 9.51. The van der Waals surface area contributed by atoms with Gasteiger partial charge >= 0.3 is 0 Å². The zero-order valence-electron chi connectivity index (χ0n) is 11.8. The van der Waals surface area contributed by atoms with E-state index in [2.05, 4.69) is 21.2 Å². The zero-order valence-corrected chi connectivity index (χ0v) is 11.8. The SMILES string of the molecule is C#Cc1nc(C(=O)NC2=CCC(C)=C2)ncc1N(C)C. The van der Waals surface area contributed by atoms with Gasteiger partial charge in [0.05, 0.1) is 11.9 Å². The molecule has 0 fully saturated rings. The van der Waals surface area contributed by atoms with Crippen molar-refractivity contribution in [3.63, 3.8) is 0 Å². The molecule has 102 valence electrons. The summed E-state index contributed by atoms with van der Waals surface area (Å²) in [4.78, 5) is 22.1. The highest BCUT2D eigenvalue weighted by molar-refractivity contribution is 5.92. The minimum Gasteiger partial charge on any atom is -0.374 e. The van der Waals surface area contributed by atoms with E-state index in [0.29, 0.717) is 11.4 Å². The molecule has 1 heterocycles. The molecule has 20 heavy (non-hydrogen) atoms. The Morgan fingerprint density at radius 2 is 2.25 bits per heavy atom. The summed E-state index contributed by atoms with van der Waals surface area (Å²) in [6, 6.07) is 0. The van der Waals surface area contributed by atoms with Gasteiger partial charge in [0.15, 0.2) is 0 Å². The van der Waals surface area contributed by atoms with Crippen molar-refractivity contribution < 1.29 is 4.79 Å². The Balaban J connectivity index is 2.21. The van der Waals surface area contributed by atoms with E-state index >= 15 is 0 Å². The van der Waals surface area contributed by atoms with Crippen molar-refractivity contribution in [2.75, 3.05) is 19.0 Å². The zero-order chi connectivity index (χ0) is 14.7. The quantitative estimate of drug-likeness (QED) is 0.844. The average Bonchev–Trinajstić information content (AvgIpc) is 2.83. The van der Waals surface area contributed by atoms with Crippen LogP contribution in [0.4, 0.5) is 5.69 Å². The van der Waals surface area contributed by atoms with Crippen LogP contribution in [-0.2, 0) is 0 Å². The van der Waals surface area contributed by atoms with E-state index < -0.39 is 0 Å². The molecule has 5 nitrogen and oxygen atoms in total. The Morgan fingerprint density at radius 3 is 2.80 bits per heavy atom. The maximum Gasteiger partial charge on any atom is 0.293 e. The third kappa shape index (κ3) is 2.86. The molecule has 1 amide bonds. The van der Waals surface area contributed by atoms with Gasteiger partial charge in [0, 0.05) is 19.8 Å². The molecule has 0 spiro atoms. The highest BCUT2D eigenvalue weighted by Gasteiger charge is 2.15. The molecule has 1 aliphatic rings. The van der Waals surface area contributed by atoms with Gasteiger partial charge in [0.25, 0.3) is 5.91 Å². The lowest BCUT2D eigenvalue weighted by molar-refractivity contribution is 0.0957. The number of hydrogen-bond donors (Lipinski definition) is 1. The average molecular weight is 268 g/mol. The molecular weight excluding hydrogens is 252 g/mol. The number of anilines is 1. The third-order valence-electron chi connectivity index (χ3n) is 2.89. The van der Waals surface area contributed by atoms with Gasteiger partial charge in [-0.15, -0.1) is 6.42 Å². The summed E-state index contributed by atoms with van der Waals surface area (Å²) >= 11 is 0. The van der Waals surface area contributed by atoms with Crippen molar-refractivity contribution in [3.8, 4) is 12.3 Å². The van der Waals surface area contributed by atoms with E-state index in [9.17, 15) is 4.79 Å². The second kappa shape index (κ2) is 5.57. The Bertz CT molecular complexity index is 650. The Labute approximate surface area is 118 Å². The summed E-state index contributed by atoms with van der Waals surface area (Å²) in [5.41, 5.74) is 3.09. The van der Waals surface area contributed by atoms with E-state index in [1.807, 2.05) is 38.1 Å². The first kappa shape index (κ1) is 13.8. The van der Waals surface area contributed by atoms with Crippen LogP contribution < -0.4 is 10.2 Å². The fourth-order valence-corrected chi connectivity index (χ4v) is 1.85. The van der Waals surface area contributed by atoms with Crippen LogP contribution in [0.1, 0.15) is 29.7 Å². The number of nitrogens with one attached hydrogen (secondary N) is 1. The lowest BCUT2D eigenvalue weighted by atomic mass is 10.3. The van der Waals surface area contributed by atoms with Crippen molar-refractivity contribution >= 4 is 11.6 Å². The van der Waals surface area contributed by atoms with Crippen LogP contribution in [0.25, 0.3) is 0 Å². The van der Waals surface area contributed by atoms with E-state index in [0.717, 1.165) is 12.1 Å². The predicted octanol–water partition coefficient (Wildman–Crippen LogP) is 1.49. The van der Waals surface area contributed by atoms with Crippen molar-refractivity contribution in [1.82, 2.24) is 15.3 Å². The smallest absolute Gasteiger partial charge is 0.293 e. The number of terminal acetylenes is 1. The van der Waals surface area contributed by atoms with E-state index in [1.54, 1.807) is 6.20 Å². The summed E-state index contributed by atoms with van der Waals surface area (Å²) in [5, 5.41) is 2.76. The van der Waals surface area contributed by atoms with Crippen molar-refractivity contribution in [1.29, 1.82) is 0 Å². The molecule has 5 heteroatoms. The fraction of sp³-hybridized carbons (Fsp3) is 0.267. The normalized spacial score (nSPS) is 13.3. The summed E-state index contributed by atoms with van der Waals surface area (Å²) in [6.45, 7) is 2.01. The van der Waals surface area contributed by atoms with Gasteiger partial charge in [-0.1, -0.05) is 11.6 Å². The number of carbonyl (C=O) groups is 1. The van der Waals surface area contributed by atoms with Crippen LogP contribution in [-0.4, -0.2) is 30.0 Å². The summed E-state index contributed by atoms with van der Waals surface area (Å²) in [5.74, 6) is 2.19. The molecule has 1 aromatic heterocycles. The van der Waals surface area contributed by atoms with Crippen molar-refractivity contribution in [3.05, 3.63) is 41.1 Å². The molecule has 0 atom stereocenters. The van der Waals surface area contributed by atoms with Crippen molar-refractivity contribution in [2.24, 2.45) is 0 Å². The topological polar surface area (TPSA) is 58.1 Å². The van der Waals surface area contributed by atoms with Gasteiger partial charge in [-0.25, -0.2) is 9.97 Å². The van der Waals surface area contributed by atoms with Crippen LogP contribution in [0.2, 0.25) is 0 Å². The lowest BCUT2D eigenvalue weighted by Gasteiger charge is -2.13. The van der Waals surface area contributed by atoms with Crippen molar-refractivity contribution in [2.45, 2.75) is 13.3 Å². The number of allylic oxidation sites excluding steroid dienone is 3. The van der Waals surface area contributed by atoms with E-state index in [-0.39, 0.29) is 11.7 Å². The molecule has 0 aliphatic heterocycles. The van der Waals surface area contributed by atoms with Crippen LogP contribution in [0.3, 0.4) is 0 Å². The number of nitrogens with zero attached hydrogens (tertiary/aromatic N) is 3. The predicted molar refractivity (Wildman–Crippen MR) is 78.2 cm³/mol. The molecule has 2 rings (SSSR count). The number of rotatable bonds is 3. The summed E-state index contributed by atoms with van der Waals surface area (Å²) in [6.07, 6.45) is 11.7. The molecule has 0 unspecified atom stereocenters. The monoisotopic (exact) mass is 268 g/mol. The Hall–Kier alpha value is -2.61. The third-order valence-corrected chi connectivity index (χ3v) is 2.89. The largest absolute Gasteiger partial charge is 0.374 e. The van der Waals surface area contributed by atoms with Crippen LogP contribution >= 0.6 is 0 Å². The maximum absolute atomic E-state index is 12.1. The van der Waals surface area contributed by atoms with Crippen LogP contribution in [0, 0.1) is 12.3 Å². The maximum atomic E-state index is 12.1. The van der Waals surface area contributed by atoms with Gasteiger partial charge in [-0.2, -0.15) is 0 Å². The standard InChI is InChI=1S/C15H16N4O/c1-5-12-13(19(3)4)9-16-14(18-12)15(20)17-11-7-6-10(2)8-11/h1,7-9H,6H2,2-4H3,(H,17,20). The van der Waals surface area contributed by atoms with Gasteiger partial charge < -0.3 is 10.2 Å². The van der Waals surface area contributed by atoms with E-state index in [4.69, 9.17) is 6.42 Å². The highest BCUT2D eigenvalue weighted by Crippen LogP contribution is 2.16. The van der Waals surface area contributed by atoms with Gasteiger partial charge in [0.1, 0.15) is 5.69 Å². The Morgan fingerprint density at radius 1 is 1.50 bits per heavy atom. The molecule has 0 radical (unpaired) electrons. The Kier molecular flexibility index (Phi) is 3.85. The molecule has 0 saturated carbocycles. The summed E-state index contributed by atoms with van der Waals surface area (Å²) < 4.78 is 0. The minimum atomic E-state index is -0.357. The first-order valence-electron chi connectivity index (χ1n) is 6.21. The molecule has 0 saturated heterocycles. The number of carbonyl (C=O) groups excluding carboxylic acids is 1. The van der Waals surface area contributed by atoms with Crippen LogP contribution in [0.5, 0.6) is 0 Å². The van der Waals surface area contributed by atoms with Crippen LogP contribution in [0.15, 0.2) is 29.6 Å². The molecule has 1 aromatic rings. The molecule has 1 aliphatic carbocycles. The molecule has 0 aromatic carbocycles. The second-order valence-corrected chi connectivity index (χ2v) is 4.77. The molecule has 0 bridgehead atoms. The number of hydrogen-bond acceptors (Lipinski definition) is 4. The highest BCUT2D eigenvalue weighted by atomic mass is 16.2. The first-order valence-corrected chi connectivity index (χ1v) is 6.21. The van der Waals surface area contributed by atoms with E-state index in [1.165, 1.54) is 5.57 Å². The fourth-order valence-electron chi connectivity index (χ4n) is 1.85. The van der Waals surface area contributed by atoms with Gasteiger partial charge in [-0.05, 0) is 25.3 Å². The molecule has 1 N–H and O–H groups in total. The van der Waals surface area contributed by atoms with Gasteiger partial charge in [-0.3, -0.25) is 4.79 Å². The number of aromatic nitrogens is 2. The minimum absolute atomic E-state index is 0.0717.